The van der Waals surface area contributed by atoms with Gasteiger partial charge >= 0.3 is 0 Å². The van der Waals surface area contributed by atoms with E-state index < -0.39 is 10.0 Å². The molecular weight excluding hydrogens is 306 g/mol. The third-order valence-corrected chi connectivity index (χ3v) is 5.17. The van der Waals surface area contributed by atoms with Gasteiger partial charge in [-0.15, -0.1) is 11.8 Å². The maximum Gasteiger partial charge on any atom is 0.234 e. The molecule has 1 aromatic carbocycles. The monoisotopic (exact) mass is 323 g/mol. The molecule has 0 fully saturated rings. The normalized spacial score (nSPS) is 11.3. The fraction of sp³-hybridized carbons (Fsp3) is 0.214. The van der Waals surface area contributed by atoms with Crippen molar-refractivity contribution >= 4 is 33.3 Å². The third kappa shape index (κ3) is 5.28. The highest BCUT2D eigenvalue weighted by atomic mass is 32.2. The number of sulfonamides is 1. The van der Waals surface area contributed by atoms with Gasteiger partial charge in [0.15, 0.2) is 0 Å². The molecule has 2 rings (SSSR count). The maximum atomic E-state index is 12.0. The lowest BCUT2D eigenvalue weighted by Crippen LogP contribution is -2.18. The van der Waals surface area contributed by atoms with Gasteiger partial charge in [0, 0.05) is 22.5 Å². The first-order valence-corrected chi connectivity index (χ1v) is 9.00. The predicted octanol–water partition coefficient (Wildman–Crippen LogP) is 2.51. The van der Waals surface area contributed by atoms with Gasteiger partial charge in [0.1, 0.15) is 5.82 Å². The van der Waals surface area contributed by atoms with Crippen LogP contribution >= 0.6 is 11.8 Å². The third-order valence-electron chi connectivity index (χ3n) is 2.65. The van der Waals surface area contributed by atoms with Crippen LogP contribution in [0, 0.1) is 6.92 Å². The van der Waals surface area contributed by atoms with Gasteiger partial charge < -0.3 is 5.73 Å². The van der Waals surface area contributed by atoms with Gasteiger partial charge in [-0.25, -0.2) is 13.4 Å². The fourth-order valence-electron chi connectivity index (χ4n) is 1.68. The van der Waals surface area contributed by atoms with Gasteiger partial charge in [-0.1, -0.05) is 6.07 Å². The molecule has 2 aromatic rings. The standard InChI is InChI=1S/C14H17N3O2S2/c1-11-5-6-16-14(9-11)17-21(18,19)8-7-20-13-4-2-3-12(15)10-13/h2-6,9-10H,7-8,15H2,1H3,(H,16,17). The van der Waals surface area contributed by atoms with E-state index in [2.05, 4.69) is 9.71 Å². The number of aromatic nitrogens is 1. The van der Waals surface area contributed by atoms with Crippen molar-refractivity contribution in [3.05, 3.63) is 48.2 Å². The van der Waals surface area contributed by atoms with E-state index in [4.69, 9.17) is 5.73 Å². The van der Waals surface area contributed by atoms with Crippen molar-refractivity contribution in [3.8, 4) is 0 Å². The Morgan fingerprint density at radius 2 is 2.10 bits per heavy atom. The summed E-state index contributed by atoms with van der Waals surface area (Å²) in [5.41, 5.74) is 7.31. The number of rotatable bonds is 6. The summed E-state index contributed by atoms with van der Waals surface area (Å²) in [6, 6.07) is 10.9. The number of nitrogens with two attached hydrogens (primary N) is 1. The molecule has 0 spiro atoms. The van der Waals surface area contributed by atoms with E-state index in [1.807, 2.05) is 31.2 Å². The fourth-order valence-corrected chi connectivity index (χ4v) is 4.05. The summed E-state index contributed by atoms with van der Waals surface area (Å²) in [6.07, 6.45) is 1.58. The second kappa shape index (κ2) is 6.82. The average Bonchev–Trinajstić information content (AvgIpc) is 2.38. The van der Waals surface area contributed by atoms with Crippen LogP contribution in [0.3, 0.4) is 0 Å². The number of nitrogens with one attached hydrogen (secondary N) is 1. The van der Waals surface area contributed by atoms with Crippen LogP contribution in [0.2, 0.25) is 0 Å². The summed E-state index contributed by atoms with van der Waals surface area (Å²) in [6.45, 7) is 1.88. The van der Waals surface area contributed by atoms with E-state index in [9.17, 15) is 8.42 Å². The van der Waals surface area contributed by atoms with Gasteiger partial charge in [0.2, 0.25) is 10.0 Å². The Labute approximate surface area is 129 Å². The molecule has 112 valence electrons. The van der Waals surface area contributed by atoms with E-state index in [1.165, 1.54) is 11.8 Å². The van der Waals surface area contributed by atoms with Crippen molar-refractivity contribution in [2.24, 2.45) is 0 Å². The zero-order valence-electron chi connectivity index (χ0n) is 11.6. The molecular formula is C14H17N3O2S2. The molecule has 0 aliphatic carbocycles. The number of aryl methyl sites for hydroxylation is 1. The SMILES string of the molecule is Cc1ccnc(NS(=O)(=O)CCSc2cccc(N)c2)c1. The van der Waals surface area contributed by atoms with Gasteiger partial charge in [-0.3, -0.25) is 4.72 Å². The van der Waals surface area contributed by atoms with E-state index in [-0.39, 0.29) is 5.75 Å². The Balaban J connectivity index is 1.90. The Bertz CT molecular complexity index is 718. The number of nitrogen functional groups attached to an aromatic ring is 1. The lowest BCUT2D eigenvalue weighted by molar-refractivity contribution is 0.602. The molecule has 0 atom stereocenters. The van der Waals surface area contributed by atoms with E-state index >= 15 is 0 Å². The lowest BCUT2D eigenvalue weighted by Gasteiger charge is -2.07. The summed E-state index contributed by atoms with van der Waals surface area (Å²) >= 11 is 1.46. The zero-order valence-corrected chi connectivity index (χ0v) is 13.2. The average molecular weight is 323 g/mol. The Kier molecular flexibility index (Phi) is 5.08. The molecule has 7 heteroatoms. The van der Waals surface area contributed by atoms with Crippen molar-refractivity contribution < 1.29 is 8.42 Å². The molecule has 0 unspecified atom stereocenters. The van der Waals surface area contributed by atoms with Crippen molar-refractivity contribution in [2.45, 2.75) is 11.8 Å². The number of thioether (sulfide) groups is 1. The number of benzene rings is 1. The molecule has 0 saturated carbocycles. The first kappa shape index (κ1) is 15.7. The molecule has 0 bridgehead atoms. The maximum absolute atomic E-state index is 12.0. The van der Waals surface area contributed by atoms with E-state index in [0.29, 0.717) is 17.3 Å². The molecule has 0 saturated heterocycles. The summed E-state index contributed by atoms with van der Waals surface area (Å²) in [4.78, 5) is 4.95. The minimum Gasteiger partial charge on any atom is -0.399 e. The first-order chi connectivity index (χ1) is 9.94. The molecule has 0 radical (unpaired) electrons. The first-order valence-electron chi connectivity index (χ1n) is 6.36. The number of anilines is 2. The summed E-state index contributed by atoms with van der Waals surface area (Å²) in [5, 5.41) is 0. The van der Waals surface area contributed by atoms with Crippen LogP contribution in [0.5, 0.6) is 0 Å². The van der Waals surface area contributed by atoms with Crippen LogP contribution in [-0.2, 0) is 10.0 Å². The topological polar surface area (TPSA) is 85.1 Å². The minimum absolute atomic E-state index is 0.0160. The number of hydrogen-bond donors (Lipinski definition) is 2. The highest BCUT2D eigenvalue weighted by Gasteiger charge is 2.11. The van der Waals surface area contributed by atoms with Crippen LogP contribution < -0.4 is 10.5 Å². The van der Waals surface area contributed by atoms with Crippen LogP contribution in [0.1, 0.15) is 5.56 Å². The Morgan fingerprint density at radius 3 is 2.81 bits per heavy atom. The molecule has 3 N–H and O–H groups in total. The van der Waals surface area contributed by atoms with Crippen molar-refractivity contribution in [1.82, 2.24) is 4.98 Å². The lowest BCUT2D eigenvalue weighted by atomic mass is 10.3. The zero-order chi connectivity index (χ0) is 15.3. The van der Waals surface area contributed by atoms with Gasteiger partial charge in [0.05, 0.1) is 5.75 Å². The minimum atomic E-state index is -3.40. The molecule has 0 aliphatic rings. The molecule has 21 heavy (non-hydrogen) atoms. The molecule has 1 aromatic heterocycles. The predicted molar refractivity (Wildman–Crippen MR) is 88.0 cm³/mol. The summed E-state index contributed by atoms with van der Waals surface area (Å²) in [7, 11) is -3.40. The second-order valence-corrected chi connectivity index (χ2v) is 7.57. The molecule has 5 nitrogen and oxygen atoms in total. The Morgan fingerprint density at radius 1 is 1.29 bits per heavy atom. The smallest absolute Gasteiger partial charge is 0.234 e. The van der Waals surface area contributed by atoms with Gasteiger partial charge in [-0.2, -0.15) is 0 Å². The van der Waals surface area contributed by atoms with Gasteiger partial charge in [-0.05, 0) is 42.8 Å². The number of nitrogens with zero attached hydrogens (tertiary/aromatic N) is 1. The Hall–Kier alpha value is -1.73. The molecule has 0 amide bonds. The van der Waals surface area contributed by atoms with Crippen molar-refractivity contribution in [2.75, 3.05) is 22.0 Å². The summed E-state index contributed by atoms with van der Waals surface area (Å²) < 4.78 is 26.4. The van der Waals surface area contributed by atoms with Crippen LogP contribution in [0.4, 0.5) is 11.5 Å². The van der Waals surface area contributed by atoms with E-state index in [1.54, 1.807) is 18.3 Å². The van der Waals surface area contributed by atoms with Crippen molar-refractivity contribution in [1.29, 1.82) is 0 Å². The highest BCUT2D eigenvalue weighted by Crippen LogP contribution is 2.20. The van der Waals surface area contributed by atoms with Gasteiger partial charge in [0.25, 0.3) is 0 Å². The second-order valence-electron chi connectivity index (χ2n) is 4.56. The summed E-state index contributed by atoms with van der Waals surface area (Å²) in [5.74, 6) is 0.816. The molecule has 1 heterocycles. The van der Waals surface area contributed by atoms with Crippen LogP contribution in [-0.4, -0.2) is 24.9 Å². The number of hydrogen-bond acceptors (Lipinski definition) is 5. The van der Waals surface area contributed by atoms with Crippen LogP contribution in [0.25, 0.3) is 0 Å². The quantitative estimate of drug-likeness (QED) is 0.630. The largest absolute Gasteiger partial charge is 0.399 e. The van der Waals surface area contributed by atoms with Crippen molar-refractivity contribution in [3.63, 3.8) is 0 Å². The molecule has 0 aliphatic heterocycles. The van der Waals surface area contributed by atoms with E-state index in [0.717, 1.165) is 10.5 Å². The number of pyridine rings is 1. The van der Waals surface area contributed by atoms with Crippen LogP contribution in [0.15, 0.2) is 47.5 Å². The highest BCUT2D eigenvalue weighted by molar-refractivity contribution is 8.01.